The molecule has 29 heavy (non-hydrogen) atoms. The van der Waals surface area contributed by atoms with Crippen molar-refractivity contribution in [1.29, 1.82) is 0 Å². The number of carbonyl (C=O) groups is 1. The summed E-state index contributed by atoms with van der Waals surface area (Å²) in [6.45, 7) is 4.88. The van der Waals surface area contributed by atoms with E-state index in [4.69, 9.17) is 4.74 Å². The molecule has 1 amide bonds. The number of hydrogen-bond donors (Lipinski definition) is 1. The predicted molar refractivity (Wildman–Crippen MR) is 112 cm³/mol. The second-order valence-electron chi connectivity index (χ2n) is 7.69. The van der Waals surface area contributed by atoms with Crippen LogP contribution in [0.2, 0.25) is 0 Å². The van der Waals surface area contributed by atoms with Crippen molar-refractivity contribution in [1.82, 2.24) is 9.62 Å². The Morgan fingerprint density at radius 1 is 1.14 bits per heavy atom. The average molecular weight is 417 g/mol. The third-order valence-electron chi connectivity index (χ3n) is 5.20. The summed E-state index contributed by atoms with van der Waals surface area (Å²) in [4.78, 5) is 13.1. The molecule has 156 valence electrons. The van der Waals surface area contributed by atoms with E-state index in [9.17, 15) is 13.2 Å². The second-order valence-corrected chi connectivity index (χ2v) is 9.58. The van der Waals surface area contributed by atoms with Gasteiger partial charge in [-0.1, -0.05) is 38.1 Å². The van der Waals surface area contributed by atoms with E-state index in [1.807, 2.05) is 24.3 Å². The molecule has 0 spiro atoms. The Bertz CT molecular complexity index is 955. The third-order valence-corrected chi connectivity index (χ3v) is 7.06. The van der Waals surface area contributed by atoms with E-state index in [1.165, 1.54) is 23.5 Å². The quantitative estimate of drug-likeness (QED) is 0.753. The summed E-state index contributed by atoms with van der Waals surface area (Å²) in [5.74, 6) is 0.787. The number of ether oxygens (including phenoxy) is 1. The lowest BCUT2D eigenvalue weighted by molar-refractivity contribution is -0.125. The molecule has 0 saturated carbocycles. The standard InChI is InChI=1S/C22H28N2O4S/c1-16(2)12-13-23-22(25)21-14-17-6-4-5-7-18(17)15-24(21)29(26,27)20-10-8-19(28-3)9-11-20/h4-11,16,21H,12-15H2,1-3H3,(H,23,25)/t21-/m0/s1. The van der Waals surface area contributed by atoms with Crippen LogP contribution in [0.5, 0.6) is 5.75 Å². The van der Waals surface area contributed by atoms with E-state index < -0.39 is 16.1 Å². The van der Waals surface area contributed by atoms with Crippen LogP contribution < -0.4 is 10.1 Å². The zero-order valence-corrected chi connectivity index (χ0v) is 17.9. The molecule has 6 nitrogen and oxygen atoms in total. The van der Waals surface area contributed by atoms with Gasteiger partial charge in [-0.15, -0.1) is 0 Å². The molecule has 0 radical (unpaired) electrons. The molecule has 3 rings (SSSR count). The van der Waals surface area contributed by atoms with E-state index in [0.29, 0.717) is 24.6 Å². The molecule has 0 saturated heterocycles. The monoisotopic (exact) mass is 416 g/mol. The first-order valence-electron chi connectivity index (χ1n) is 9.83. The lowest BCUT2D eigenvalue weighted by Gasteiger charge is -2.35. The predicted octanol–water partition coefficient (Wildman–Crippen LogP) is 2.97. The van der Waals surface area contributed by atoms with Gasteiger partial charge in [0, 0.05) is 13.1 Å². The minimum atomic E-state index is -3.85. The summed E-state index contributed by atoms with van der Waals surface area (Å²) in [6.07, 6.45) is 1.21. The topological polar surface area (TPSA) is 75.7 Å². The molecule has 1 N–H and O–H groups in total. The molecule has 2 aromatic carbocycles. The van der Waals surface area contributed by atoms with Crippen LogP contribution in [0.1, 0.15) is 31.4 Å². The molecule has 0 fully saturated rings. The molecule has 0 aromatic heterocycles. The van der Waals surface area contributed by atoms with Gasteiger partial charge in [0.15, 0.2) is 0 Å². The summed E-state index contributed by atoms with van der Waals surface area (Å²) in [5.41, 5.74) is 1.94. The smallest absolute Gasteiger partial charge is 0.244 e. The van der Waals surface area contributed by atoms with E-state index in [-0.39, 0.29) is 17.3 Å². The fourth-order valence-corrected chi connectivity index (χ4v) is 5.03. The Labute approximate surface area is 172 Å². The number of benzene rings is 2. The van der Waals surface area contributed by atoms with Crippen molar-refractivity contribution in [3.63, 3.8) is 0 Å². The Morgan fingerprint density at radius 2 is 1.79 bits per heavy atom. The van der Waals surface area contributed by atoms with Gasteiger partial charge in [0.05, 0.1) is 12.0 Å². The number of carbonyl (C=O) groups excluding carboxylic acids is 1. The average Bonchev–Trinajstić information content (AvgIpc) is 2.72. The molecule has 1 atom stereocenters. The summed E-state index contributed by atoms with van der Waals surface area (Å²) < 4.78 is 33.2. The Balaban J connectivity index is 1.92. The normalized spacial score (nSPS) is 17.0. The van der Waals surface area contributed by atoms with Crippen LogP contribution in [0.15, 0.2) is 53.4 Å². The Kier molecular flexibility index (Phi) is 6.59. The van der Waals surface area contributed by atoms with Crippen LogP contribution in [0.3, 0.4) is 0 Å². The number of nitrogens with zero attached hydrogens (tertiary/aromatic N) is 1. The number of sulfonamides is 1. The van der Waals surface area contributed by atoms with Gasteiger partial charge >= 0.3 is 0 Å². The number of amides is 1. The van der Waals surface area contributed by atoms with Gasteiger partial charge in [0.25, 0.3) is 0 Å². The number of fused-ring (bicyclic) bond motifs is 1. The van der Waals surface area contributed by atoms with Crippen LogP contribution in [0.4, 0.5) is 0 Å². The SMILES string of the molecule is COc1ccc(S(=O)(=O)N2Cc3ccccc3C[C@H]2C(=O)NCCC(C)C)cc1. The first kappa shape index (κ1) is 21.3. The zero-order chi connectivity index (χ0) is 21.0. The largest absolute Gasteiger partial charge is 0.497 e. The molecule has 0 bridgehead atoms. The third kappa shape index (κ3) is 4.79. The maximum atomic E-state index is 13.4. The second kappa shape index (κ2) is 8.97. The van der Waals surface area contributed by atoms with Crippen LogP contribution in [0, 0.1) is 5.92 Å². The van der Waals surface area contributed by atoms with Crippen molar-refractivity contribution in [3.05, 3.63) is 59.7 Å². The highest BCUT2D eigenvalue weighted by atomic mass is 32.2. The van der Waals surface area contributed by atoms with Gasteiger partial charge in [-0.2, -0.15) is 4.31 Å². The van der Waals surface area contributed by atoms with Crippen molar-refractivity contribution >= 4 is 15.9 Å². The van der Waals surface area contributed by atoms with Crippen molar-refractivity contribution in [3.8, 4) is 5.75 Å². The highest BCUT2D eigenvalue weighted by molar-refractivity contribution is 7.89. The van der Waals surface area contributed by atoms with Gasteiger partial charge in [-0.3, -0.25) is 4.79 Å². The number of nitrogens with one attached hydrogen (secondary N) is 1. The number of rotatable bonds is 7. The number of methoxy groups -OCH3 is 1. The van der Waals surface area contributed by atoms with Crippen LogP contribution in [-0.4, -0.2) is 38.3 Å². The molecule has 2 aromatic rings. The van der Waals surface area contributed by atoms with E-state index in [2.05, 4.69) is 19.2 Å². The van der Waals surface area contributed by atoms with Crippen molar-refractivity contribution < 1.29 is 17.9 Å². The highest BCUT2D eigenvalue weighted by Crippen LogP contribution is 2.30. The zero-order valence-electron chi connectivity index (χ0n) is 17.1. The summed E-state index contributed by atoms with van der Waals surface area (Å²) in [5, 5.41) is 2.92. The Morgan fingerprint density at radius 3 is 2.41 bits per heavy atom. The van der Waals surface area contributed by atoms with E-state index >= 15 is 0 Å². The molecule has 0 aliphatic carbocycles. The maximum Gasteiger partial charge on any atom is 0.244 e. The first-order valence-corrected chi connectivity index (χ1v) is 11.3. The number of hydrogen-bond acceptors (Lipinski definition) is 4. The Hall–Kier alpha value is -2.38. The molecule has 1 aliphatic rings. The van der Waals surface area contributed by atoms with E-state index in [1.54, 1.807) is 12.1 Å². The lowest BCUT2D eigenvalue weighted by Crippen LogP contribution is -2.52. The fraction of sp³-hybridized carbons (Fsp3) is 0.409. The van der Waals surface area contributed by atoms with Crippen molar-refractivity contribution in [2.75, 3.05) is 13.7 Å². The van der Waals surface area contributed by atoms with Gasteiger partial charge in [-0.25, -0.2) is 8.42 Å². The molecular weight excluding hydrogens is 388 g/mol. The van der Waals surface area contributed by atoms with Crippen LogP contribution >= 0.6 is 0 Å². The van der Waals surface area contributed by atoms with Gasteiger partial charge < -0.3 is 10.1 Å². The minimum Gasteiger partial charge on any atom is -0.497 e. The maximum absolute atomic E-state index is 13.4. The fourth-order valence-electron chi connectivity index (χ4n) is 3.46. The van der Waals surface area contributed by atoms with E-state index in [0.717, 1.165) is 17.5 Å². The minimum absolute atomic E-state index is 0.151. The summed E-state index contributed by atoms with van der Waals surface area (Å²) >= 11 is 0. The molecule has 1 aliphatic heterocycles. The summed E-state index contributed by atoms with van der Waals surface area (Å²) in [7, 11) is -2.32. The van der Waals surface area contributed by atoms with Crippen molar-refractivity contribution in [2.24, 2.45) is 5.92 Å². The van der Waals surface area contributed by atoms with Crippen LogP contribution in [-0.2, 0) is 27.8 Å². The van der Waals surface area contributed by atoms with Gasteiger partial charge in [0.2, 0.25) is 15.9 Å². The van der Waals surface area contributed by atoms with Crippen LogP contribution in [0.25, 0.3) is 0 Å². The molecule has 1 heterocycles. The molecule has 7 heteroatoms. The van der Waals surface area contributed by atoms with Gasteiger partial charge in [0.1, 0.15) is 11.8 Å². The lowest BCUT2D eigenvalue weighted by atomic mass is 9.95. The van der Waals surface area contributed by atoms with Gasteiger partial charge in [-0.05, 0) is 54.2 Å². The first-order chi connectivity index (χ1) is 13.8. The molecule has 0 unspecified atom stereocenters. The van der Waals surface area contributed by atoms with Crippen molar-refractivity contribution in [2.45, 2.75) is 44.2 Å². The highest BCUT2D eigenvalue weighted by Gasteiger charge is 2.39. The molecular formula is C22H28N2O4S. The summed E-state index contributed by atoms with van der Waals surface area (Å²) in [6, 6.07) is 13.2.